The third kappa shape index (κ3) is 1.30. The van der Waals surface area contributed by atoms with Crippen LogP contribution in [0.4, 0.5) is 0 Å². The summed E-state index contributed by atoms with van der Waals surface area (Å²) >= 11 is 0. The van der Waals surface area contributed by atoms with Crippen molar-refractivity contribution in [2.24, 2.45) is 5.41 Å². The van der Waals surface area contributed by atoms with Crippen molar-refractivity contribution in [3.05, 3.63) is 36.0 Å². The molecule has 1 amide bonds. The average Bonchev–Trinajstić information content (AvgIpc) is 2.44. The normalized spacial score (nSPS) is 27.8. The van der Waals surface area contributed by atoms with Crippen molar-refractivity contribution in [2.45, 2.75) is 19.9 Å². The van der Waals surface area contributed by atoms with E-state index >= 15 is 0 Å². The van der Waals surface area contributed by atoms with E-state index in [0.717, 1.165) is 5.57 Å². The summed E-state index contributed by atoms with van der Waals surface area (Å²) < 4.78 is 0. The molecule has 1 saturated heterocycles. The van der Waals surface area contributed by atoms with Gasteiger partial charge in [0.15, 0.2) is 5.41 Å². The van der Waals surface area contributed by atoms with Crippen molar-refractivity contribution in [1.82, 2.24) is 4.90 Å². The van der Waals surface area contributed by atoms with Gasteiger partial charge in [0.2, 0.25) is 0 Å². The van der Waals surface area contributed by atoms with Crippen molar-refractivity contribution in [1.29, 1.82) is 5.26 Å². The predicted octanol–water partition coefficient (Wildman–Crippen LogP) is 1.80. The highest BCUT2D eigenvalue weighted by Crippen LogP contribution is 2.39. The van der Waals surface area contributed by atoms with E-state index in [1.807, 2.05) is 32.1 Å². The predicted molar refractivity (Wildman–Crippen MR) is 61.3 cm³/mol. The van der Waals surface area contributed by atoms with Gasteiger partial charge in [-0.1, -0.05) is 30.4 Å². The fraction of sp³-hybridized carbons (Fsp3) is 0.385. The zero-order valence-electron chi connectivity index (χ0n) is 9.47. The molecule has 1 atom stereocenters. The number of nitriles is 1. The summed E-state index contributed by atoms with van der Waals surface area (Å²) in [6.45, 7) is 4.49. The highest BCUT2D eigenvalue weighted by molar-refractivity contribution is 5.95. The minimum absolute atomic E-state index is 0.101. The fourth-order valence-electron chi connectivity index (χ4n) is 2.12. The quantitative estimate of drug-likeness (QED) is 0.668. The molecule has 82 valence electrons. The highest BCUT2D eigenvalue weighted by Gasteiger charge is 2.49. The molecule has 1 unspecified atom stereocenters. The van der Waals surface area contributed by atoms with Crippen LogP contribution >= 0.6 is 0 Å². The van der Waals surface area contributed by atoms with Gasteiger partial charge in [0, 0.05) is 12.6 Å². The number of carbonyl (C=O) groups excluding carboxylic acids is 1. The monoisotopic (exact) mass is 214 g/mol. The first-order chi connectivity index (χ1) is 7.62. The molecule has 0 aromatic rings. The molecular formula is C13H14N2O. The number of amides is 1. The highest BCUT2D eigenvalue weighted by atomic mass is 16.2. The van der Waals surface area contributed by atoms with Gasteiger partial charge in [-0.2, -0.15) is 5.26 Å². The van der Waals surface area contributed by atoms with Crippen LogP contribution in [-0.4, -0.2) is 23.4 Å². The van der Waals surface area contributed by atoms with E-state index in [1.54, 1.807) is 17.1 Å². The Kier molecular flexibility index (Phi) is 2.43. The fourth-order valence-corrected chi connectivity index (χ4v) is 2.12. The van der Waals surface area contributed by atoms with Gasteiger partial charge in [-0.25, -0.2) is 0 Å². The Balaban J connectivity index is 2.52. The first-order valence-electron chi connectivity index (χ1n) is 5.39. The van der Waals surface area contributed by atoms with Gasteiger partial charge in [-0.3, -0.25) is 4.79 Å². The Bertz CT molecular complexity index is 451. The molecule has 0 N–H and O–H groups in total. The van der Waals surface area contributed by atoms with Crippen molar-refractivity contribution >= 4 is 5.91 Å². The van der Waals surface area contributed by atoms with Crippen molar-refractivity contribution in [3.8, 4) is 6.07 Å². The Labute approximate surface area is 95.4 Å². The van der Waals surface area contributed by atoms with Crippen molar-refractivity contribution in [3.63, 3.8) is 0 Å². The molecule has 1 heterocycles. The van der Waals surface area contributed by atoms with Crippen LogP contribution in [0.3, 0.4) is 0 Å². The van der Waals surface area contributed by atoms with Gasteiger partial charge in [0.05, 0.1) is 6.07 Å². The summed E-state index contributed by atoms with van der Waals surface area (Å²) in [6.07, 6.45) is 9.07. The van der Waals surface area contributed by atoms with Gasteiger partial charge in [-0.15, -0.1) is 0 Å². The number of likely N-dealkylation sites (tertiary alicyclic amines) is 1. The molecule has 1 aliphatic carbocycles. The SMILES string of the molecule is CC(C)N1CC2=CC=CC=CC2(C#N)C1=O. The van der Waals surface area contributed by atoms with E-state index in [1.165, 1.54) is 0 Å². The summed E-state index contributed by atoms with van der Waals surface area (Å²) in [4.78, 5) is 14.0. The van der Waals surface area contributed by atoms with E-state index in [2.05, 4.69) is 6.07 Å². The van der Waals surface area contributed by atoms with Crippen LogP contribution < -0.4 is 0 Å². The Hall–Kier alpha value is -1.82. The minimum atomic E-state index is -1.06. The van der Waals surface area contributed by atoms with Crippen LogP contribution in [0.25, 0.3) is 0 Å². The first-order valence-corrected chi connectivity index (χ1v) is 5.39. The van der Waals surface area contributed by atoms with Crippen LogP contribution in [0.2, 0.25) is 0 Å². The zero-order chi connectivity index (χ0) is 11.8. The van der Waals surface area contributed by atoms with Gasteiger partial charge >= 0.3 is 0 Å². The van der Waals surface area contributed by atoms with Gasteiger partial charge in [0.25, 0.3) is 5.91 Å². The number of hydrogen-bond acceptors (Lipinski definition) is 2. The lowest BCUT2D eigenvalue weighted by molar-refractivity contribution is -0.133. The van der Waals surface area contributed by atoms with Crippen LogP contribution in [0.15, 0.2) is 36.0 Å². The Morgan fingerprint density at radius 2 is 2.19 bits per heavy atom. The average molecular weight is 214 g/mol. The van der Waals surface area contributed by atoms with Crippen molar-refractivity contribution < 1.29 is 4.79 Å². The molecule has 3 nitrogen and oxygen atoms in total. The van der Waals surface area contributed by atoms with E-state index in [0.29, 0.717) is 6.54 Å². The first kappa shape index (κ1) is 10.7. The molecule has 0 aromatic carbocycles. The lowest BCUT2D eigenvalue weighted by Crippen LogP contribution is -2.37. The Morgan fingerprint density at radius 3 is 2.81 bits per heavy atom. The van der Waals surface area contributed by atoms with Gasteiger partial charge < -0.3 is 4.90 Å². The zero-order valence-corrected chi connectivity index (χ0v) is 9.47. The van der Waals surface area contributed by atoms with Crippen LogP contribution in [0, 0.1) is 16.7 Å². The van der Waals surface area contributed by atoms with E-state index in [9.17, 15) is 10.1 Å². The van der Waals surface area contributed by atoms with E-state index in [4.69, 9.17) is 0 Å². The molecule has 1 fully saturated rings. The molecule has 2 aliphatic rings. The van der Waals surface area contributed by atoms with E-state index < -0.39 is 5.41 Å². The van der Waals surface area contributed by atoms with Crippen LogP contribution in [0.5, 0.6) is 0 Å². The number of carbonyl (C=O) groups is 1. The molecule has 2 rings (SSSR count). The summed E-state index contributed by atoms with van der Waals surface area (Å²) in [6, 6.07) is 2.30. The second kappa shape index (κ2) is 3.64. The molecule has 1 aliphatic heterocycles. The lowest BCUT2D eigenvalue weighted by Gasteiger charge is -2.21. The topological polar surface area (TPSA) is 44.1 Å². The lowest BCUT2D eigenvalue weighted by atomic mass is 9.83. The molecule has 0 saturated carbocycles. The standard InChI is InChI=1S/C13H14N2O/c1-10(2)15-8-11-6-4-3-5-7-13(11,9-14)12(15)16/h3-7,10H,8H2,1-2H3. The molecule has 0 radical (unpaired) electrons. The molecule has 16 heavy (non-hydrogen) atoms. The van der Waals surface area contributed by atoms with Gasteiger partial charge in [-0.05, 0) is 19.4 Å². The maximum atomic E-state index is 12.3. The van der Waals surface area contributed by atoms with Crippen molar-refractivity contribution in [2.75, 3.05) is 6.54 Å². The number of fused-ring (bicyclic) bond motifs is 1. The third-order valence-electron chi connectivity index (χ3n) is 3.11. The second-order valence-corrected chi connectivity index (χ2v) is 4.38. The maximum Gasteiger partial charge on any atom is 0.251 e. The van der Waals surface area contributed by atoms with Crippen LogP contribution in [0.1, 0.15) is 13.8 Å². The smallest absolute Gasteiger partial charge is 0.251 e. The van der Waals surface area contributed by atoms with Crippen LogP contribution in [-0.2, 0) is 4.79 Å². The number of allylic oxidation sites excluding steroid dienone is 4. The number of nitrogens with zero attached hydrogens (tertiary/aromatic N) is 2. The molecule has 3 heteroatoms. The maximum absolute atomic E-state index is 12.3. The molecular weight excluding hydrogens is 200 g/mol. The third-order valence-corrected chi connectivity index (χ3v) is 3.11. The summed E-state index contributed by atoms with van der Waals surface area (Å²) in [5.41, 5.74) is -0.188. The Morgan fingerprint density at radius 1 is 1.44 bits per heavy atom. The van der Waals surface area contributed by atoms with Gasteiger partial charge in [0.1, 0.15) is 0 Å². The molecule has 0 bridgehead atoms. The number of hydrogen-bond donors (Lipinski definition) is 0. The summed E-state index contributed by atoms with van der Waals surface area (Å²) in [7, 11) is 0. The second-order valence-electron chi connectivity index (χ2n) is 4.38. The summed E-state index contributed by atoms with van der Waals surface area (Å²) in [5.74, 6) is -0.101. The number of rotatable bonds is 1. The largest absolute Gasteiger partial charge is 0.334 e. The van der Waals surface area contributed by atoms with E-state index in [-0.39, 0.29) is 11.9 Å². The summed E-state index contributed by atoms with van der Waals surface area (Å²) in [5, 5.41) is 9.33. The molecule has 0 spiro atoms. The molecule has 0 aromatic heterocycles. The minimum Gasteiger partial charge on any atom is -0.334 e.